The molecule has 2 N–H and O–H groups in total. The van der Waals surface area contributed by atoms with Gasteiger partial charge in [0.1, 0.15) is 0 Å². The summed E-state index contributed by atoms with van der Waals surface area (Å²) in [6, 6.07) is 5.67. The van der Waals surface area contributed by atoms with Gasteiger partial charge in [-0.25, -0.2) is 4.79 Å². The lowest BCUT2D eigenvalue weighted by Gasteiger charge is -2.04. The monoisotopic (exact) mass is 259 g/mol. The first-order valence-corrected chi connectivity index (χ1v) is 6.40. The van der Waals surface area contributed by atoms with Crippen molar-refractivity contribution in [2.75, 3.05) is 12.3 Å². The van der Waals surface area contributed by atoms with Crippen LogP contribution in [0.5, 0.6) is 0 Å². The molecule has 0 bridgehead atoms. The minimum atomic E-state index is -0.329. The number of nitrogen functional groups attached to an aromatic ring is 1. The Hall–Kier alpha value is -2.03. The number of ether oxygens (including phenoxy) is 1. The number of hydrogen-bond acceptors (Lipinski definition) is 3. The molecule has 0 aromatic heterocycles. The number of benzene rings is 1. The van der Waals surface area contributed by atoms with Gasteiger partial charge in [0, 0.05) is 11.8 Å². The average Bonchev–Trinajstić information content (AvgIpc) is 2.37. The summed E-state index contributed by atoms with van der Waals surface area (Å²) >= 11 is 0. The molecule has 1 aromatic carbocycles. The van der Waals surface area contributed by atoms with E-state index in [9.17, 15) is 4.79 Å². The summed E-state index contributed by atoms with van der Waals surface area (Å²) in [5.74, 6) is 0.0120. The number of nitrogens with two attached hydrogens (primary N) is 1. The molecule has 102 valence electrons. The van der Waals surface area contributed by atoms with E-state index in [1.165, 1.54) is 6.08 Å². The highest BCUT2D eigenvalue weighted by Crippen LogP contribution is 2.16. The van der Waals surface area contributed by atoms with Crippen LogP contribution in [-0.2, 0) is 9.53 Å². The molecule has 0 aliphatic heterocycles. The van der Waals surface area contributed by atoms with Crippen LogP contribution in [0.25, 0.3) is 12.2 Å². The van der Waals surface area contributed by atoms with E-state index in [2.05, 4.69) is 0 Å². The van der Waals surface area contributed by atoms with Crippen molar-refractivity contribution >= 4 is 23.8 Å². The van der Waals surface area contributed by atoms with Gasteiger partial charge in [-0.15, -0.1) is 0 Å². The van der Waals surface area contributed by atoms with Crippen molar-refractivity contribution in [1.82, 2.24) is 0 Å². The molecule has 0 amide bonds. The standard InChI is InChI=1S/C16H21NO2/c1-4-5-14-8-6-13(10-15(14)17)7-9-16(18)19-11-12(2)3/h4-10,12H,11,17H2,1-3H3. The summed E-state index contributed by atoms with van der Waals surface area (Å²) < 4.78 is 5.05. The molecular formula is C16H21NO2. The number of carbonyl (C=O) groups excluding carboxylic acids is 1. The fourth-order valence-corrected chi connectivity index (χ4v) is 1.49. The number of rotatable bonds is 5. The summed E-state index contributed by atoms with van der Waals surface area (Å²) in [5.41, 5.74) is 8.46. The van der Waals surface area contributed by atoms with Gasteiger partial charge in [-0.2, -0.15) is 0 Å². The van der Waals surface area contributed by atoms with Gasteiger partial charge in [0.15, 0.2) is 0 Å². The van der Waals surface area contributed by atoms with Crippen LogP contribution in [0.15, 0.2) is 30.4 Å². The van der Waals surface area contributed by atoms with Gasteiger partial charge in [0.2, 0.25) is 0 Å². The minimum absolute atomic E-state index is 0.329. The van der Waals surface area contributed by atoms with Crippen LogP contribution >= 0.6 is 0 Å². The highest BCUT2D eigenvalue weighted by Gasteiger charge is 2.00. The Morgan fingerprint density at radius 2 is 2.11 bits per heavy atom. The maximum Gasteiger partial charge on any atom is 0.330 e. The zero-order valence-electron chi connectivity index (χ0n) is 11.7. The first-order valence-electron chi connectivity index (χ1n) is 6.40. The lowest BCUT2D eigenvalue weighted by atomic mass is 10.1. The molecule has 0 saturated heterocycles. The fraction of sp³-hybridized carbons (Fsp3) is 0.312. The number of allylic oxidation sites excluding steroid dienone is 1. The molecule has 1 aromatic rings. The third-order valence-electron chi connectivity index (χ3n) is 2.43. The Labute approximate surface area is 114 Å². The van der Waals surface area contributed by atoms with E-state index < -0.39 is 0 Å². The molecule has 3 nitrogen and oxygen atoms in total. The van der Waals surface area contributed by atoms with Gasteiger partial charge >= 0.3 is 5.97 Å². The first kappa shape index (κ1) is 15.0. The molecule has 0 heterocycles. The molecule has 0 aliphatic carbocycles. The Kier molecular flexibility index (Phi) is 5.86. The van der Waals surface area contributed by atoms with Crippen molar-refractivity contribution in [1.29, 1.82) is 0 Å². The maximum atomic E-state index is 11.4. The van der Waals surface area contributed by atoms with Crippen molar-refractivity contribution in [3.8, 4) is 0 Å². The fourth-order valence-electron chi connectivity index (χ4n) is 1.49. The van der Waals surface area contributed by atoms with E-state index in [1.54, 1.807) is 6.08 Å². The third kappa shape index (κ3) is 5.42. The minimum Gasteiger partial charge on any atom is -0.462 e. The number of hydrogen-bond donors (Lipinski definition) is 1. The van der Waals surface area contributed by atoms with Crippen molar-refractivity contribution in [2.45, 2.75) is 20.8 Å². The van der Waals surface area contributed by atoms with Crippen LogP contribution in [-0.4, -0.2) is 12.6 Å². The quantitative estimate of drug-likeness (QED) is 0.500. The molecule has 0 spiro atoms. The van der Waals surface area contributed by atoms with Gasteiger partial charge in [-0.3, -0.25) is 0 Å². The molecule has 1 rings (SSSR count). The van der Waals surface area contributed by atoms with Crippen LogP contribution in [0, 0.1) is 5.92 Å². The van der Waals surface area contributed by atoms with Gasteiger partial charge < -0.3 is 10.5 Å². The highest BCUT2D eigenvalue weighted by atomic mass is 16.5. The second-order valence-electron chi connectivity index (χ2n) is 4.75. The van der Waals surface area contributed by atoms with Gasteiger partial charge in [-0.05, 0) is 36.1 Å². The second-order valence-corrected chi connectivity index (χ2v) is 4.75. The van der Waals surface area contributed by atoms with Crippen LogP contribution in [0.1, 0.15) is 31.9 Å². The Bertz CT molecular complexity index is 488. The van der Waals surface area contributed by atoms with Gasteiger partial charge in [-0.1, -0.05) is 38.1 Å². The van der Waals surface area contributed by atoms with E-state index in [1.807, 2.05) is 51.1 Å². The smallest absolute Gasteiger partial charge is 0.330 e. The van der Waals surface area contributed by atoms with Crippen molar-refractivity contribution in [2.24, 2.45) is 5.92 Å². The Morgan fingerprint density at radius 1 is 1.37 bits per heavy atom. The van der Waals surface area contributed by atoms with E-state index in [-0.39, 0.29) is 5.97 Å². The maximum absolute atomic E-state index is 11.4. The SMILES string of the molecule is CC=Cc1ccc(C=CC(=O)OCC(C)C)cc1N. The van der Waals surface area contributed by atoms with E-state index in [4.69, 9.17) is 10.5 Å². The number of esters is 1. The molecular weight excluding hydrogens is 238 g/mol. The average molecular weight is 259 g/mol. The zero-order valence-corrected chi connectivity index (χ0v) is 11.7. The summed E-state index contributed by atoms with van der Waals surface area (Å²) in [5, 5.41) is 0. The summed E-state index contributed by atoms with van der Waals surface area (Å²) in [4.78, 5) is 11.4. The normalized spacial score (nSPS) is 11.6. The van der Waals surface area contributed by atoms with Crippen LogP contribution in [0.4, 0.5) is 5.69 Å². The van der Waals surface area contributed by atoms with E-state index in [0.717, 1.165) is 11.1 Å². The molecule has 0 saturated carbocycles. The van der Waals surface area contributed by atoms with E-state index in [0.29, 0.717) is 18.2 Å². The van der Waals surface area contributed by atoms with Gasteiger partial charge in [0.05, 0.1) is 6.61 Å². The van der Waals surface area contributed by atoms with E-state index >= 15 is 0 Å². The predicted molar refractivity (Wildman–Crippen MR) is 80.4 cm³/mol. The molecule has 0 radical (unpaired) electrons. The topological polar surface area (TPSA) is 52.3 Å². The summed E-state index contributed by atoms with van der Waals surface area (Å²) in [6.45, 7) is 6.37. The summed E-state index contributed by atoms with van der Waals surface area (Å²) in [6.07, 6.45) is 7.01. The Balaban J connectivity index is 2.67. The number of carbonyl (C=O) groups is 1. The van der Waals surface area contributed by atoms with Crippen molar-refractivity contribution in [3.63, 3.8) is 0 Å². The second kappa shape index (κ2) is 7.41. The lowest BCUT2D eigenvalue weighted by molar-refractivity contribution is -0.138. The Morgan fingerprint density at radius 3 is 2.68 bits per heavy atom. The first-order chi connectivity index (χ1) is 9.02. The lowest BCUT2D eigenvalue weighted by Crippen LogP contribution is -2.06. The predicted octanol–water partition coefficient (Wildman–Crippen LogP) is 3.51. The largest absolute Gasteiger partial charge is 0.462 e. The van der Waals surface area contributed by atoms with Crippen LogP contribution in [0.3, 0.4) is 0 Å². The number of anilines is 1. The molecule has 3 heteroatoms. The van der Waals surface area contributed by atoms with Crippen LogP contribution in [0.2, 0.25) is 0 Å². The zero-order chi connectivity index (χ0) is 14.3. The molecule has 0 unspecified atom stereocenters. The molecule has 19 heavy (non-hydrogen) atoms. The molecule has 0 fully saturated rings. The molecule has 0 aliphatic rings. The highest BCUT2D eigenvalue weighted by molar-refractivity contribution is 5.87. The third-order valence-corrected chi connectivity index (χ3v) is 2.43. The van der Waals surface area contributed by atoms with Crippen molar-refractivity contribution in [3.05, 3.63) is 41.5 Å². The van der Waals surface area contributed by atoms with Crippen LogP contribution < -0.4 is 5.73 Å². The molecule has 0 atom stereocenters. The summed E-state index contributed by atoms with van der Waals surface area (Å²) in [7, 11) is 0. The van der Waals surface area contributed by atoms with Crippen molar-refractivity contribution < 1.29 is 9.53 Å². The van der Waals surface area contributed by atoms with Gasteiger partial charge in [0.25, 0.3) is 0 Å².